The molecule has 0 aromatic heterocycles. The van der Waals surface area contributed by atoms with Gasteiger partial charge in [-0.15, -0.1) is 11.8 Å². The molecule has 2 amide bonds. The number of carboxylic acid groups (broad SMARTS) is 1. The normalized spacial score (nSPS) is 32.6. The molecule has 1 aliphatic carbocycles. The summed E-state index contributed by atoms with van der Waals surface area (Å²) < 4.78 is 0. The Balaban J connectivity index is 0.00000225. The number of nitrogens with zero attached hydrogens (tertiary/aromatic N) is 2. The van der Waals surface area contributed by atoms with Crippen LogP contribution in [0.5, 0.6) is 0 Å². The maximum atomic E-state index is 13.2. The number of ketones is 1. The van der Waals surface area contributed by atoms with Crippen LogP contribution in [0.25, 0.3) is 0 Å². The number of fused-ring (bicyclic) bond motifs is 1. The Labute approximate surface area is 190 Å². The summed E-state index contributed by atoms with van der Waals surface area (Å²) in [7, 11) is 0. The van der Waals surface area contributed by atoms with Gasteiger partial charge in [0, 0.05) is 0 Å². The monoisotopic (exact) mass is 411 g/mol. The van der Waals surface area contributed by atoms with Gasteiger partial charge in [0.25, 0.3) is 0 Å². The van der Waals surface area contributed by atoms with Crippen LogP contribution < -0.4 is 40.0 Å². The number of amides is 2. The molecule has 3 aliphatic rings. The molecule has 144 valence electrons. The van der Waals surface area contributed by atoms with Crippen LogP contribution in [0.3, 0.4) is 0 Å². The van der Waals surface area contributed by atoms with E-state index in [0.29, 0.717) is 0 Å². The summed E-state index contributed by atoms with van der Waals surface area (Å²) in [6, 6.07) is 7.47. The van der Waals surface area contributed by atoms with E-state index < -0.39 is 34.8 Å². The first-order valence-electron chi connectivity index (χ1n) is 8.94. The van der Waals surface area contributed by atoms with E-state index in [1.54, 1.807) is 18.7 Å². The molecule has 1 saturated carbocycles. The number of benzene rings is 1. The Morgan fingerprint density at radius 3 is 2.29 bits per heavy atom. The van der Waals surface area contributed by atoms with E-state index in [1.165, 1.54) is 11.8 Å². The number of nitrogens with one attached hydrogen (secondary N) is 1. The van der Waals surface area contributed by atoms with Crippen LogP contribution in [0.1, 0.15) is 39.3 Å². The van der Waals surface area contributed by atoms with Crippen LogP contribution in [-0.2, 0) is 9.59 Å². The summed E-state index contributed by atoms with van der Waals surface area (Å²) >= 11 is 1.42. The first-order chi connectivity index (χ1) is 12.6. The van der Waals surface area contributed by atoms with Gasteiger partial charge >= 0.3 is 29.6 Å². The molecule has 2 saturated heterocycles. The van der Waals surface area contributed by atoms with Gasteiger partial charge in [0.05, 0.1) is 15.8 Å². The molecule has 28 heavy (non-hydrogen) atoms. The van der Waals surface area contributed by atoms with Crippen LogP contribution in [0, 0.1) is 0 Å². The van der Waals surface area contributed by atoms with Crippen LogP contribution in [-0.4, -0.2) is 55.5 Å². The van der Waals surface area contributed by atoms with Crippen molar-refractivity contribution in [1.82, 2.24) is 15.1 Å². The number of hydrogen-bond acceptors (Lipinski definition) is 6. The molecule has 2 heterocycles. The number of Topliss-reactive ketones (excluding diaryl/α,β-unsaturated/α-hetero) is 1. The molecule has 0 spiro atoms. The predicted molar refractivity (Wildman–Crippen MR) is 98.5 cm³/mol. The number of hydrogen-bond donors (Lipinski definition) is 1. The van der Waals surface area contributed by atoms with Crippen molar-refractivity contribution in [3.63, 3.8) is 0 Å². The fraction of sp³-hybridized carbons (Fsp3) is 0.526. The van der Waals surface area contributed by atoms with Gasteiger partial charge in [0.2, 0.25) is 5.91 Å². The Bertz CT molecular complexity index is 832. The Morgan fingerprint density at radius 2 is 1.71 bits per heavy atom. The van der Waals surface area contributed by atoms with Gasteiger partial charge in [-0.3, -0.25) is 14.9 Å². The maximum Gasteiger partial charge on any atom is 1.00 e. The van der Waals surface area contributed by atoms with Crippen molar-refractivity contribution in [1.29, 1.82) is 0 Å². The number of carbonyl (C=O) groups is 3. The van der Waals surface area contributed by atoms with E-state index in [4.69, 9.17) is 0 Å². The molecule has 0 bridgehead atoms. The molecule has 0 radical (unpaired) electrons. The van der Waals surface area contributed by atoms with Crippen molar-refractivity contribution in [3.8, 4) is 0 Å². The second-order valence-corrected chi connectivity index (χ2v) is 9.99. The van der Waals surface area contributed by atoms with Crippen molar-refractivity contribution < 1.29 is 49.0 Å². The smallest absolute Gasteiger partial charge is 0.530 e. The van der Waals surface area contributed by atoms with Gasteiger partial charge < -0.3 is 19.7 Å². The topological polar surface area (TPSA) is 92.8 Å². The van der Waals surface area contributed by atoms with Gasteiger partial charge in [-0.2, -0.15) is 0 Å². The minimum Gasteiger partial charge on any atom is -0.530 e. The summed E-state index contributed by atoms with van der Waals surface area (Å²) in [4.78, 5) is 39.7. The molecule has 3 fully saturated rings. The third-order valence-corrected chi connectivity index (χ3v) is 7.24. The van der Waals surface area contributed by atoms with Gasteiger partial charge in [-0.05, 0) is 33.3 Å². The minimum atomic E-state index is -1.35. The summed E-state index contributed by atoms with van der Waals surface area (Å²) in [6.45, 7) is 7.27. The Kier molecular flexibility index (Phi) is 5.43. The van der Waals surface area contributed by atoms with E-state index in [1.807, 2.05) is 44.2 Å². The molecule has 9 heteroatoms. The standard InChI is InChI=1S/C19H23N3O4S.Na/c1-18(2)20-11(10-8-6-5-7-9-10)16(24)21(18)12-14(23)13-15(12)27-19(3,4)22(13)17(25)26;/h5-9,11-13,15,20H,1-4H3,(H,25,26);/q;+1/p-1/t11-,12-,13?,15-;/m1./s1. The zero-order valence-corrected chi connectivity index (χ0v) is 19.4. The summed E-state index contributed by atoms with van der Waals surface area (Å²) in [6.07, 6.45) is -1.35. The van der Waals surface area contributed by atoms with Gasteiger partial charge in [0.15, 0.2) is 5.78 Å². The minimum absolute atomic E-state index is 0. The van der Waals surface area contributed by atoms with Crippen molar-refractivity contribution in [2.45, 2.75) is 61.6 Å². The second-order valence-electron chi connectivity index (χ2n) is 8.21. The molecular weight excluding hydrogens is 389 g/mol. The molecular formula is C19H22N3NaO4S. The number of rotatable bonds is 2. The zero-order chi connectivity index (χ0) is 19.7. The summed E-state index contributed by atoms with van der Waals surface area (Å²) in [5.41, 5.74) is 0.125. The van der Waals surface area contributed by atoms with E-state index in [2.05, 4.69) is 5.32 Å². The van der Waals surface area contributed by atoms with Crippen LogP contribution >= 0.6 is 11.8 Å². The Hall–Kier alpha value is -1.06. The van der Waals surface area contributed by atoms with Gasteiger partial charge in [-0.25, -0.2) is 0 Å². The van der Waals surface area contributed by atoms with E-state index in [-0.39, 0.29) is 46.5 Å². The number of carbonyl (C=O) groups excluding carboxylic acids is 3. The van der Waals surface area contributed by atoms with Crippen molar-refractivity contribution in [2.24, 2.45) is 0 Å². The zero-order valence-electron chi connectivity index (χ0n) is 16.6. The van der Waals surface area contributed by atoms with Crippen molar-refractivity contribution in [3.05, 3.63) is 35.9 Å². The summed E-state index contributed by atoms with van der Waals surface area (Å²) in [5, 5.41) is 14.6. The van der Waals surface area contributed by atoms with Gasteiger partial charge in [-0.1, -0.05) is 30.3 Å². The van der Waals surface area contributed by atoms with Crippen LogP contribution in [0.2, 0.25) is 0 Å². The van der Waals surface area contributed by atoms with Crippen molar-refractivity contribution >= 4 is 29.5 Å². The molecule has 2 aliphatic heterocycles. The molecule has 1 N–H and O–H groups in total. The van der Waals surface area contributed by atoms with E-state index in [0.717, 1.165) is 10.5 Å². The fourth-order valence-corrected chi connectivity index (χ4v) is 6.28. The SMILES string of the molecule is CC1(C)N[C@H](c2ccccc2)C(=O)N1[C@@H]1C(=O)C2[C@@H]1SC(C)(C)N2C(=O)[O-].[Na+]. The predicted octanol–water partition coefficient (Wildman–Crippen LogP) is -2.28. The third-order valence-electron chi connectivity index (χ3n) is 5.68. The maximum absolute atomic E-state index is 13.2. The molecule has 4 rings (SSSR count). The largest absolute Gasteiger partial charge is 1.00 e. The molecule has 7 nitrogen and oxygen atoms in total. The fourth-order valence-electron chi connectivity index (χ4n) is 4.54. The van der Waals surface area contributed by atoms with Crippen molar-refractivity contribution in [2.75, 3.05) is 0 Å². The third kappa shape index (κ3) is 3.01. The van der Waals surface area contributed by atoms with E-state index >= 15 is 0 Å². The first-order valence-corrected chi connectivity index (χ1v) is 9.82. The molecule has 1 aromatic rings. The van der Waals surface area contributed by atoms with Crippen LogP contribution in [0.15, 0.2) is 30.3 Å². The van der Waals surface area contributed by atoms with Gasteiger partial charge in [0.1, 0.15) is 24.2 Å². The molecule has 4 atom stereocenters. The average molecular weight is 411 g/mol. The second kappa shape index (κ2) is 7.02. The Morgan fingerprint density at radius 1 is 1.11 bits per heavy atom. The molecule has 1 aromatic carbocycles. The summed E-state index contributed by atoms with van der Waals surface area (Å²) in [5.74, 6) is -0.396. The average Bonchev–Trinajstić information content (AvgIpc) is 2.98. The van der Waals surface area contributed by atoms with Crippen LogP contribution in [0.4, 0.5) is 4.79 Å². The first kappa shape index (κ1) is 21.6. The number of thioether (sulfide) groups is 1. The molecule has 1 unspecified atom stereocenters. The van der Waals surface area contributed by atoms with E-state index in [9.17, 15) is 19.5 Å². The quantitative estimate of drug-likeness (QED) is 0.551.